The van der Waals surface area contributed by atoms with Crippen molar-refractivity contribution in [1.29, 1.82) is 0 Å². The number of rotatable bonds is 5. The molecule has 1 aromatic rings. The molecule has 0 bridgehead atoms. The van der Waals surface area contributed by atoms with E-state index in [-0.39, 0.29) is 23.3 Å². The van der Waals surface area contributed by atoms with Gasteiger partial charge in [-0.25, -0.2) is 9.97 Å². The lowest BCUT2D eigenvalue weighted by atomic mass is 9.80. The molecule has 0 aromatic carbocycles. The van der Waals surface area contributed by atoms with Crippen molar-refractivity contribution in [3.63, 3.8) is 0 Å². The highest BCUT2D eigenvalue weighted by molar-refractivity contribution is 5.96. The molecule has 0 aliphatic carbocycles. The van der Waals surface area contributed by atoms with Crippen LogP contribution in [0.15, 0.2) is 12.4 Å². The summed E-state index contributed by atoms with van der Waals surface area (Å²) >= 11 is 0. The Hall–Kier alpha value is -1.69. The van der Waals surface area contributed by atoms with Gasteiger partial charge in [0.2, 0.25) is 0 Å². The minimum atomic E-state index is -0.507. The third-order valence-electron chi connectivity index (χ3n) is 3.08. The molecule has 1 amide bonds. The first-order valence-electron chi connectivity index (χ1n) is 6.28. The molecule has 106 valence electrons. The van der Waals surface area contributed by atoms with Crippen molar-refractivity contribution in [3.05, 3.63) is 18.1 Å². The molecule has 19 heavy (non-hydrogen) atoms. The lowest BCUT2D eigenvalue weighted by Crippen LogP contribution is -2.43. The lowest BCUT2D eigenvalue weighted by molar-refractivity contribution is 0.0138. The number of carbonyl (C=O) groups excluding carboxylic acids is 1. The van der Waals surface area contributed by atoms with E-state index < -0.39 is 11.5 Å². The summed E-state index contributed by atoms with van der Waals surface area (Å²) in [5.41, 5.74) is 5.26. The normalized spacial score (nSPS) is 13.4. The maximum Gasteiger partial charge on any atom is 0.273 e. The number of nitrogens with one attached hydrogen (secondary N) is 1. The van der Waals surface area contributed by atoms with E-state index in [0.29, 0.717) is 6.54 Å². The molecule has 1 atom stereocenters. The molecule has 0 aliphatic rings. The third-order valence-corrected chi connectivity index (χ3v) is 3.08. The number of carbonyl (C=O) groups is 1. The zero-order chi connectivity index (χ0) is 14.6. The van der Waals surface area contributed by atoms with E-state index in [1.165, 1.54) is 12.4 Å². The number of nitrogen functional groups attached to an aromatic ring is 1. The summed E-state index contributed by atoms with van der Waals surface area (Å²) in [5, 5.41) is 12.8. The van der Waals surface area contributed by atoms with E-state index in [1.54, 1.807) is 0 Å². The summed E-state index contributed by atoms with van der Waals surface area (Å²) in [4.78, 5) is 19.6. The summed E-state index contributed by atoms with van der Waals surface area (Å²) in [6.45, 7) is 8.01. The van der Waals surface area contributed by atoms with Crippen molar-refractivity contribution in [1.82, 2.24) is 15.3 Å². The molecule has 4 N–H and O–H groups in total. The Labute approximate surface area is 113 Å². The number of hydrogen-bond acceptors (Lipinski definition) is 5. The van der Waals surface area contributed by atoms with Crippen LogP contribution in [0.3, 0.4) is 0 Å². The Morgan fingerprint density at radius 3 is 2.53 bits per heavy atom. The van der Waals surface area contributed by atoms with Crippen LogP contribution in [-0.4, -0.2) is 33.6 Å². The highest BCUT2D eigenvalue weighted by Crippen LogP contribution is 2.25. The van der Waals surface area contributed by atoms with Gasteiger partial charge in [-0.15, -0.1) is 0 Å². The molecule has 0 saturated heterocycles. The van der Waals surface area contributed by atoms with E-state index in [9.17, 15) is 9.90 Å². The molecule has 1 unspecified atom stereocenters. The van der Waals surface area contributed by atoms with Gasteiger partial charge in [-0.05, 0) is 5.92 Å². The van der Waals surface area contributed by atoms with E-state index in [0.717, 1.165) is 0 Å². The third kappa shape index (κ3) is 3.89. The Balaban J connectivity index is 2.67. The van der Waals surface area contributed by atoms with Gasteiger partial charge in [0.15, 0.2) is 11.5 Å². The molecular weight excluding hydrogens is 244 g/mol. The van der Waals surface area contributed by atoms with E-state index >= 15 is 0 Å². The first kappa shape index (κ1) is 15.4. The summed E-state index contributed by atoms with van der Waals surface area (Å²) < 4.78 is 0. The molecule has 1 aromatic heterocycles. The fourth-order valence-electron chi connectivity index (χ4n) is 1.92. The van der Waals surface area contributed by atoms with Crippen LogP contribution in [0.25, 0.3) is 0 Å². The van der Waals surface area contributed by atoms with Crippen molar-refractivity contribution in [2.24, 2.45) is 11.3 Å². The first-order chi connectivity index (χ1) is 8.75. The van der Waals surface area contributed by atoms with Crippen molar-refractivity contribution < 1.29 is 9.90 Å². The van der Waals surface area contributed by atoms with Gasteiger partial charge >= 0.3 is 0 Å². The van der Waals surface area contributed by atoms with Gasteiger partial charge < -0.3 is 16.2 Å². The van der Waals surface area contributed by atoms with Crippen LogP contribution < -0.4 is 11.1 Å². The van der Waals surface area contributed by atoms with Gasteiger partial charge in [0.1, 0.15) is 0 Å². The van der Waals surface area contributed by atoms with Crippen molar-refractivity contribution >= 4 is 11.7 Å². The standard InChI is InChI=1S/C13H22N4O2/c1-8(2)10(18)13(3,4)7-17-12(19)9-11(14)16-6-5-15-9/h5-6,8,10,18H,7H2,1-4H3,(H2,14,16)(H,17,19). The van der Waals surface area contributed by atoms with Crippen molar-refractivity contribution in [3.8, 4) is 0 Å². The monoisotopic (exact) mass is 266 g/mol. The zero-order valence-corrected chi connectivity index (χ0v) is 11.8. The predicted molar refractivity (Wildman–Crippen MR) is 73.4 cm³/mol. The summed E-state index contributed by atoms with van der Waals surface area (Å²) in [5.74, 6) is -0.162. The Morgan fingerprint density at radius 1 is 1.42 bits per heavy atom. The Morgan fingerprint density at radius 2 is 2.00 bits per heavy atom. The van der Waals surface area contributed by atoms with Crippen molar-refractivity contribution in [2.45, 2.75) is 33.8 Å². The number of hydrogen-bond donors (Lipinski definition) is 3. The van der Waals surface area contributed by atoms with Gasteiger partial charge in [-0.2, -0.15) is 0 Å². The topological polar surface area (TPSA) is 101 Å². The van der Waals surface area contributed by atoms with Crippen LogP contribution in [0.2, 0.25) is 0 Å². The van der Waals surface area contributed by atoms with Crippen LogP contribution >= 0.6 is 0 Å². The maximum atomic E-state index is 11.9. The van der Waals surface area contributed by atoms with Gasteiger partial charge in [0.25, 0.3) is 5.91 Å². The summed E-state index contributed by atoms with van der Waals surface area (Å²) in [6, 6.07) is 0. The van der Waals surface area contributed by atoms with Gasteiger partial charge in [0, 0.05) is 24.4 Å². The first-order valence-corrected chi connectivity index (χ1v) is 6.28. The van der Waals surface area contributed by atoms with Gasteiger partial charge in [-0.1, -0.05) is 27.7 Å². The number of nitrogens with two attached hydrogens (primary N) is 1. The Kier molecular flexibility index (Phi) is 4.83. The van der Waals surface area contributed by atoms with Crippen LogP contribution in [0.5, 0.6) is 0 Å². The van der Waals surface area contributed by atoms with Crippen molar-refractivity contribution in [2.75, 3.05) is 12.3 Å². The minimum Gasteiger partial charge on any atom is -0.392 e. The smallest absolute Gasteiger partial charge is 0.273 e. The molecule has 1 rings (SSSR count). The largest absolute Gasteiger partial charge is 0.392 e. The SMILES string of the molecule is CC(C)C(O)C(C)(C)CNC(=O)c1nccnc1N. The second-order valence-corrected chi connectivity index (χ2v) is 5.65. The number of aromatic nitrogens is 2. The number of amides is 1. The quantitative estimate of drug-likeness (QED) is 0.733. The van der Waals surface area contributed by atoms with Crippen LogP contribution in [0.4, 0.5) is 5.82 Å². The molecule has 0 radical (unpaired) electrons. The molecule has 0 spiro atoms. The number of anilines is 1. The number of aliphatic hydroxyl groups excluding tert-OH is 1. The second kappa shape index (κ2) is 5.97. The predicted octanol–water partition coefficient (Wildman–Crippen LogP) is 0.832. The molecule has 6 nitrogen and oxygen atoms in total. The van der Waals surface area contributed by atoms with E-state index in [1.807, 2.05) is 27.7 Å². The van der Waals surface area contributed by atoms with Crippen LogP contribution in [0.1, 0.15) is 38.2 Å². The van der Waals surface area contributed by atoms with Crippen LogP contribution in [0, 0.1) is 11.3 Å². The number of nitrogens with zero attached hydrogens (tertiary/aromatic N) is 2. The maximum absolute atomic E-state index is 11.9. The second-order valence-electron chi connectivity index (χ2n) is 5.65. The fraction of sp³-hybridized carbons (Fsp3) is 0.615. The summed E-state index contributed by atoms with van der Waals surface area (Å²) in [6.07, 6.45) is 2.34. The summed E-state index contributed by atoms with van der Waals surface area (Å²) in [7, 11) is 0. The Bertz CT molecular complexity index is 446. The zero-order valence-electron chi connectivity index (χ0n) is 11.8. The molecule has 1 heterocycles. The van der Waals surface area contributed by atoms with Gasteiger partial charge in [-0.3, -0.25) is 4.79 Å². The minimum absolute atomic E-state index is 0.0993. The average Bonchev–Trinajstić information content (AvgIpc) is 2.35. The fourth-order valence-corrected chi connectivity index (χ4v) is 1.92. The lowest BCUT2D eigenvalue weighted by Gasteiger charge is -2.33. The highest BCUT2D eigenvalue weighted by Gasteiger charge is 2.30. The molecular formula is C13H22N4O2. The molecule has 0 aliphatic heterocycles. The van der Waals surface area contributed by atoms with E-state index in [4.69, 9.17) is 5.73 Å². The molecule has 0 fully saturated rings. The average molecular weight is 266 g/mol. The van der Waals surface area contributed by atoms with E-state index in [2.05, 4.69) is 15.3 Å². The highest BCUT2D eigenvalue weighted by atomic mass is 16.3. The van der Waals surface area contributed by atoms with Crippen LogP contribution in [-0.2, 0) is 0 Å². The van der Waals surface area contributed by atoms with Gasteiger partial charge in [0.05, 0.1) is 6.10 Å². The molecule has 6 heteroatoms. The number of aliphatic hydroxyl groups is 1. The molecule has 0 saturated carbocycles.